The van der Waals surface area contributed by atoms with Crippen molar-refractivity contribution in [3.63, 3.8) is 0 Å². The van der Waals surface area contributed by atoms with Gasteiger partial charge < -0.3 is 19.9 Å². The van der Waals surface area contributed by atoms with E-state index in [1.807, 2.05) is 29.2 Å². The molecule has 1 aromatic rings. The number of rotatable bonds is 6. The van der Waals surface area contributed by atoms with Crippen molar-refractivity contribution in [2.75, 3.05) is 51.1 Å². The molecule has 1 atom stereocenters. The van der Waals surface area contributed by atoms with Gasteiger partial charge in [0.15, 0.2) is 14.9 Å². The topological polar surface area (TPSA) is 63.1 Å². The number of methoxy groups -OCH3 is 1. The molecule has 1 fully saturated rings. The van der Waals surface area contributed by atoms with Gasteiger partial charge in [0, 0.05) is 11.7 Å². The van der Waals surface area contributed by atoms with Gasteiger partial charge in [-0.2, -0.15) is 0 Å². The Bertz CT molecular complexity index is 660. The van der Waals surface area contributed by atoms with Gasteiger partial charge in [0.25, 0.3) is 0 Å². The molecule has 0 aromatic heterocycles. The minimum atomic E-state index is -2.95. The summed E-state index contributed by atoms with van der Waals surface area (Å²) in [5.74, 6) is 1.20. The molecule has 1 aromatic carbocycles. The highest BCUT2D eigenvalue weighted by atomic mass is 32.2. The monoisotopic (exact) mass is 372 g/mol. The molecular formula is C16H26N3O3S2+. The molecule has 0 bridgehead atoms. The fourth-order valence-corrected chi connectivity index (χ4v) is 4.77. The van der Waals surface area contributed by atoms with Crippen LogP contribution < -0.4 is 15.0 Å². The second-order valence-electron chi connectivity index (χ2n) is 6.37. The molecular weight excluding hydrogens is 346 g/mol. The second-order valence-corrected chi connectivity index (χ2v) is 8.98. The summed E-state index contributed by atoms with van der Waals surface area (Å²) in [5, 5.41) is 3.79. The van der Waals surface area contributed by atoms with Crippen molar-refractivity contribution in [3.8, 4) is 5.75 Å². The van der Waals surface area contributed by atoms with Crippen LogP contribution in [0.3, 0.4) is 0 Å². The molecule has 2 rings (SSSR count). The van der Waals surface area contributed by atoms with Gasteiger partial charge >= 0.3 is 0 Å². The van der Waals surface area contributed by atoms with E-state index in [0.29, 0.717) is 11.5 Å². The molecule has 0 aliphatic carbocycles. The van der Waals surface area contributed by atoms with Crippen LogP contribution in [0, 0.1) is 0 Å². The van der Waals surface area contributed by atoms with Crippen LogP contribution in [0.25, 0.3) is 0 Å². The Labute approximate surface area is 149 Å². The first kappa shape index (κ1) is 19.0. The molecule has 1 heterocycles. The number of hydrogen-bond acceptors (Lipinski definition) is 4. The maximum Gasteiger partial charge on any atom is 0.173 e. The summed E-state index contributed by atoms with van der Waals surface area (Å²) < 4.78 is 28.8. The molecule has 24 heavy (non-hydrogen) atoms. The van der Waals surface area contributed by atoms with Crippen LogP contribution in [-0.2, 0) is 9.84 Å². The van der Waals surface area contributed by atoms with E-state index in [9.17, 15) is 8.42 Å². The Balaban J connectivity index is 2.08. The van der Waals surface area contributed by atoms with Crippen LogP contribution in [0.5, 0.6) is 5.75 Å². The Morgan fingerprint density at radius 2 is 2.04 bits per heavy atom. The van der Waals surface area contributed by atoms with Crippen LogP contribution in [0.4, 0.5) is 5.69 Å². The lowest BCUT2D eigenvalue weighted by Gasteiger charge is -2.31. The van der Waals surface area contributed by atoms with E-state index in [4.69, 9.17) is 17.0 Å². The van der Waals surface area contributed by atoms with E-state index in [0.717, 1.165) is 24.5 Å². The molecule has 0 saturated carbocycles. The number of sulfone groups is 1. The van der Waals surface area contributed by atoms with Crippen molar-refractivity contribution in [1.82, 2.24) is 4.90 Å². The predicted molar refractivity (Wildman–Crippen MR) is 101 cm³/mol. The summed E-state index contributed by atoms with van der Waals surface area (Å²) in [5.41, 5.74) is 0.865. The fourth-order valence-electron chi connectivity index (χ4n) is 2.68. The third-order valence-corrected chi connectivity index (χ3v) is 6.19. The summed E-state index contributed by atoms with van der Waals surface area (Å²) in [4.78, 5) is 3.32. The van der Waals surface area contributed by atoms with Crippen LogP contribution in [0.2, 0.25) is 0 Å². The average Bonchev–Trinajstić information content (AvgIpc) is 2.88. The molecule has 0 unspecified atom stereocenters. The van der Waals surface area contributed by atoms with Gasteiger partial charge in [-0.15, -0.1) is 0 Å². The molecule has 1 aliphatic rings. The second kappa shape index (κ2) is 8.13. The van der Waals surface area contributed by atoms with Crippen molar-refractivity contribution < 1.29 is 18.1 Å². The third-order valence-electron chi connectivity index (χ3n) is 4.10. The fraction of sp³-hybridized carbons (Fsp3) is 0.562. The minimum Gasteiger partial charge on any atom is -0.497 e. The number of ether oxygens (including phenoxy) is 1. The lowest BCUT2D eigenvalue weighted by molar-refractivity contribution is -0.857. The predicted octanol–water partition coefficient (Wildman–Crippen LogP) is 0.0256. The van der Waals surface area contributed by atoms with E-state index in [-0.39, 0.29) is 17.5 Å². The Morgan fingerprint density at radius 1 is 1.38 bits per heavy atom. The largest absolute Gasteiger partial charge is 0.497 e. The van der Waals surface area contributed by atoms with Gasteiger partial charge in [-0.05, 0) is 42.9 Å². The standard InChI is InChI=1S/C16H25N3O3S2/c1-18(2)9-10-19(14-8-11-24(20,21)12-14)16(23)17-13-4-6-15(22-3)7-5-13/h4-7,14H,8-12H2,1-3H3,(H,17,23)/p+1/t14-/m1/s1. The average molecular weight is 373 g/mol. The van der Waals surface area contributed by atoms with Crippen molar-refractivity contribution in [2.45, 2.75) is 12.5 Å². The van der Waals surface area contributed by atoms with E-state index in [1.165, 1.54) is 4.90 Å². The number of benzene rings is 1. The number of nitrogens with one attached hydrogen (secondary N) is 2. The van der Waals surface area contributed by atoms with Crippen molar-refractivity contribution in [3.05, 3.63) is 24.3 Å². The minimum absolute atomic E-state index is 0.0485. The number of hydrogen-bond donors (Lipinski definition) is 2. The number of quaternary nitrogens is 1. The number of likely N-dealkylation sites (N-methyl/N-ethyl adjacent to an activating group) is 1. The third kappa shape index (κ3) is 5.32. The van der Waals surface area contributed by atoms with Gasteiger partial charge in [-0.25, -0.2) is 8.42 Å². The lowest BCUT2D eigenvalue weighted by atomic mass is 10.2. The lowest BCUT2D eigenvalue weighted by Crippen LogP contribution is -3.06. The van der Waals surface area contributed by atoms with Gasteiger partial charge in [0.05, 0.1) is 45.8 Å². The highest BCUT2D eigenvalue weighted by molar-refractivity contribution is 7.91. The van der Waals surface area contributed by atoms with E-state index >= 15 is 0 Å². The van der Waals surface area contributed by atoms with Crippen molar-refractivity contribution in [2.24, 2.45) is 0 Å². The number of anilines is 1. The van der Waals surface area contributed by atoms with E-state index in [2.05, 4.69) is 19.4 Å². The zero-order valence-electron chi connectivity index (χ0n) is 14.4. The van der Waals surface area contributed by atoms with Gasteiger partial charge in [-0.3, -0.25) is 0 Å². The Kier molecular flexibility index (Phi) is 6.42. The van der Waals surface area contributed by atoms with Gasteiger partial charge in [0.1, 0.15) is 5.75 Å². The molecule has 0 radical (unpaired) electrons. The maximum atomic E-state index is 11.8. The van der Waals surface area contributed by atoms with Crippen LogP contribution in [-0.4, -0.2) is 70.3 Å². The van der Waals surface area contributed by atoms with E-state index in [1.54, 1.807) is 7.11 Å². The molecule has 6 nitrogen and oxygen atoms in total. The highest BCUT2D eigenvalue weighted by Gasteiger charge is 2.33. The molecule has 1 saturated heterocycles. The Morgan fingerprint density at radius 3 is 2.54 bits per heavy atom. The zero-order valence-corrected chi connectivity index (χ0v) is 16.0. The quantitative estimate of drug-likeness (QED) is 0.687. The summed E-state index contributed by atoms with van der Waals surface area (Å²) in [6.07, 6.45) is 0.634. The van der Waals surface area contributed by atoms with E-state index < -0.39 is 9.84 Å². The molecule has 0 amide bonds. The molecule has 2 N–H and O–H groups in total. The first-order valence-corrected chi connectivity index (χ1v) is 10.2. The normalized spacial score (nSPS) is 19.2. The van der Waals surface area contributed by atoms with Crippen LogP contribution in [0.15, 0.2) is 24.3 Å². The number of nitrogens with zero attached hydrogens (tertiary/aromatic N) is 1. The Hall–Kier alpha value is -1.38. The molecule has 1 aliphatic heterocycles. The highest BCUT2D eigenvalue weighted by Crippen LogP contribution is 2.20. The maximum absolute atomic E-state index is 11.8. The summed E-state index contributed by atoms with van der Waals surface area (Å²) in [6.45, 7) is 1.62. The van der Waals surface area contributed by atoms with Crippen molar-refractivity contribution >= 4 is 32.9 Å². The first-order chi connectivity index (χ1) is 11.3. The smallest absolute Gasteiger partial charge is 0.173 e. The van der Waals surface area contributed by atoms with Crippen LogP contribution >= 0.6 is 12.2 Å². The molecule has 8 heteroatoms. The summed E-state index contributed by atoms with van der Waals surface area (Å²) in [7, 11) is 2.82. The summed E-state index contributed by atoms with van der Waals surface area (Å²) in [6, 6.07) is 7.46. The summed E-state index contributed by atoms with van der Waals surface area (Å²) >= 11 is 5.56. The first-order valence-electron chi connectivity index (χ1n) is 8.02. The molecule has 134 valence electrons. The van der Waals surface area contributed by atoms with Crippen molar-refractivity contribution in [1.29, 1.82) is 0 Å². The number of thiocarbonyl (C=S) groups is 1. The molecule has 0 spiro atoms. The van der Waals surface area contributed by atoms with Gasteiger partial charge in [-0.1, -0.05) is 0 Å². The SMILES string of the molecule is COc1ccc(NC(=S)N(CC[NH+](C)C)[C@@H]2CCS(=O)(=O)C2)cc1. The van der Waals surface area contributed by atoms with Crippen LogP contribution in [0.1, 0.15) is 6.42 Å². The van der Waals surface area contributed by atoms with Gasteiger partial charge in [0.2, 0.25) is 0 Å². The zero-order chi connectivity index (χ0) is 17.7.